The minimum absolute atomic E-state index is 0.0441. The molecule has 5 rings (SSSR count). The van der Waals surface area contributed by atoms with Gasteiger partial charge in [-0.3, -0.25) is 4.79 Å². The molecule has 1 N–H and O–H groups in total. The Kier molecular flexibility index (Phi) is 8.64. The van der Waals surface area contributed by atoms with Gasteiger partial charge < -0.3 is 14.8 Å². The summed E-state index contributed by atoms with van der Waals surface area (Å²) in [5, 5.41) is 15.2. The van der Waals surface area contributed by atoms with E-state index in [0.29, 0.717) is 41.0 Å². The van der Waals surface area contributed by atoms with Crippen LogP contribution in [0.1, 0.15) is 22.3 Å². The number of benzene rings is 5. The van der Waals surface area contributed by atoms with Gasteiger partial charge in [-0.2, -0.15) is 5.26 Å². The molecule has 0 fully saturated rings. The van der Waals surface area contributed by atoms with Gasteiger partial charge in [-0.15, -0.1) is 0 Å². The van der Waals surface area contributed by atoms with Crippen molar-refractivity contribution in [2.75, 3.05) is 5.32 Å². The van der Waals surface area contributed by atoms with E-state index in [-0.39, 0.29) is 5.57 Å². The van der Waals surface area contributed by atoms with Crippen LogP contribution in [0.25, 0.3) is 16.8 Å². The van der Waals surface area contributed by atoms with Crippen LogP contribution >= 0.6 is 11.6 Å². The van der Waals surface area contributed by atoms with E-state index in [2.05, 4.69) is 11.4 Å². The van der Waals surface area contributed by atoms with Crippen molar-refractivity contribution in [2.45, 2.75) is 20.1 Å². The van der Waals surface area contributed by atoms with Gasteiger partial charge in [-0.25, -0.2) is 0 Å². The third-order valence-electron chi connectivity index (χ3n) is 6.53. The van der Waals surface area contributed by atoms with Crippen molar-refractivity contribution in [2.24, 2.45) is 0 Å². The molecule has 0 aliphatic carbocycles. The first-order valence-electron chi connectivity index (χ1n) is 13.1. The van der Waals surface area contributed by atoms with E-state index in [1.165, 1.54) is 5.56 Å². The lowest BCUT2D eigenvalue weighted by Gasteiger charge is -2.13. The van der Waals surface area contributed by atoms with Gasteiger partial charge in [0.1, 0.15) is 36.4 Å². The number of carbonyl (C=O) groups is 1. The lowest BCUT2D eigenvalue weighted by atomic mass is 10.0. The van der Waals surface area contributed by atoms with Gasteiger partial charge in [0, 0.05) is 16.3 Å². The van der Waals surface area contributed by atoms with Crippen molar-refractivity contribution in [3.05, 3.63) is 142 Å². The van der Waals surface area contributed by atoms with E-state index in [0.717, 1.165) is 21.9 Å². The van der Waals surface area contributed by atoms with Crippen molar-refractivity contribution in [3.8, 4) is 17.6 Å². The topological polar surface area (TPSA) is 71.3 Å². The molecule has 5 aromatic rings. The van der Waals surface area contributed by atoms with E-state index in [1.807, 2.05) is 91.9 Å². The number of amides is 1. The molecule has 0 spiro atoms. The fourth-order valence-electron chi connectivity index (χ4n) is 4.27. The number of hydrogen-bond donors (Lipinski definition) is 1. The highest BCUT2D eigenvalue weighted by atomic mass is 35.5. The van der Waals surface area contributed by atoms with Crippen molar-refractivity contribution in [1.29, 1.82) is 5.26 Å². The van der Waals surface area contributed by atoms with Crippen LogP contribution in [-0.2, 0) is 18.0 Å². The molecule has 0 aliphatic heterocycles. The van der Waals surface area contributed by atoms with Gasteiger partial charge in [-0.1, -0.05) is 83.9 Å². The number of hydrogen-bond acceptors (Lipinski definition) is 4. The SMILES string of the molecule is Cc1ccc(COc2ccc(NC(=O)/C(C#N)=C/c3c(OCc4ccc(Cl)cc4)ccc4ccccc34)cc2)cc1. The van der Waals surface area contributed by atoms with Crippen LogP contribution in [0.15, 0.2) is 115 Å². The van der Waals surface area contributed by atoms with Crippen LogP contribution in [-0.4, -0.2) is 5.91 Å². The molecule has 0 unspecified atom stereocenters. The molecule has 1 amide bonds. The molecule has 202 valence electrons. The summed E-state index contributed by atoms with van der Waals surface area (Å²) < 4.78 is 12.0. The quantitative estimate of drug-likeness (QED) is 0.145. The van der Waals surface area contributed by atoms with Gasteiger partial charge in [0.15, 0.2) is 0 Å². The fourth-order valence-corrected chi connectivity index (χ4v) is 4.39. The summed E-state index contributed by atoms with van der Waals surface area (Å²) in [4.78, 5) is 13.1. The number of nitrogens with one attached hydrogen (secondary N) is 1. The van der Waals surface area contributed by atoms with E-state index < -0.39 is 5.91 Å². The van der Waals surface area contributed by atoms with Crippen molar-refractivity contribution >= 4 is 40.0 Å². The second-order valence-corrected chi connectivity index (χ2v) is 9.97. The average molecular weight is 559 g/mol. The predicted octanol–water partition coefficient (Wildman–Crippen LogP) is 8.51. The summed E-state index contributed by atoms with van der Waals surface area (Å²) >= 11 is 6.01. The number of halogens is 1. The molecule has 0 radical (unpaired) electrons. The van der Waals surface area contributed by atoms with Gasteiger partial charge in [0.25, 0.3) is 5.91 Å². The zero-order chi connectivity index (χ0) is 28.6. The molecule has 0 bridgehead atoms. The summed E-state index contributed by atoms with van der Waals surface area (Å²) in [5.41, 5.74) is 4.38. The maximum Gasteiger partial charge on any atom is 0.266 e. The maximum absolute atomic E-state index is 13.1. The number of carbonyl (C=O) groups excluding carboxylic acids is 1. The summed E-state index contributed by atoms with van der Waals surface area (Å²) in [6.45, 7) is 2.80. The zero-order valence-corrected chi connectivity index (χ0v) is 23.2. The summed E-state index contributed by atoms with van der Waals surface area (Å²) in [6.07, 6.45) is 1.58. The number of nitrogens with zero attached hydrogens (tertiary/aromatic N) is 1. The Labute approximate surface area is 244 Å². The third-order valence-corrected chi connectivity index (χ3v) is 6.78. The molecule has 0 heterocycles. The lowest BCUT2D eigenvalue weighted by Crippen LogP contribution is -2.13. The van der Waals surface area contributed by atoms with Gasteiger partial charge in [0.2, 0.25) is 0 Å². The van der Waals surface area contributed by atoms with Crippen molar-refractivity contribution in [3.63, 3.8) is 0 Å². The smallest absolute Gasteiger partial charge is 0.266 e. The number of anilines is 1. The normalized spacial score (nSPS) is 11.1. The Morgan fingerprint density at radius 3 is 2.20 bits per heavy atom. The van der Waals surface area contributed by atoms with Crippen LogP contribution < -0.4 is 14.8 Å². The van der Waals surface area contributed by atoms with E-state index in [1.54, 1.807) is 30.3 Å². The number of nitriles is 1. The Hall–Kier alpha value is -5.05. The highest BCUT2D eigenvalue weighted by Gasteiger charge is 2.14. The van der Waals surface area contributed by atoms with Crippen LogP contribution in [0.4, 0.5) is 5.69 Å². The van der Waals surface area contributed by atoms with Crippen molar-refractivity contribution < 1.29 is 14.3 Å². The van der Waals surface area contributed by atoms with E-state index in [9.17, 15) is 10.1 Å². The molecule has 0 saturated heterocycles. The molecule has 0 aromatic heterocycles. The zero-order valence-electron chi connectivity index (χ0n) is 22.4. The molecule has 0 saturated carbocycles. The first-order chi connectivity index (χ1) is 20.0. The first kappa shape index (κ1) is 27.5. The standard InChI is InChI=1S/C35H27ClN2O3/c1-24-6-8-25(9-7-24)22-40-31-17-15-30(16-18-31)38-35(39)28(21-37)20-33-32-5-3-2-4-27(32)12-19-34(33)41-23-26-10-13-29(36)14-11-26/h2-20H,22-23H2,1H3,(H,38,39)/b28-20+. The molecular formula is C35H27ClN2O3. The van der Waals surface area contributed by atoms with Gasteiger partial charge in [-0.05, 0) is 77.4 Å². The van der Waals surface area contributed by atoms with Gasteiger partial charge in [0.05, 0.1) is 0 Å². The Morgan fingerprint density at radius 1 is 0.829 bits per heavy atom. The lowest BCUT2D eigenvalue weighted by molar-refractivity contribution is -0.112. The van der Waals surface area contributed by atoms with Crippen LogP contribution in [0, 0.1) is 18.3 Å². The number of fused-ring (bicyclic) bond motifs is 1. The molecule has 41 heavy (non-hydrogen) atoms. The largest absolute Gasteiger partial charge is 0.489 e. The number of ether oxygens (including phenoxy) is 2. The third kappa shape index (κ3) is 7.13. The van der Waals surface area contributed by atoms with Crippen LogP contribution in [0.2, 0.25) is 5.02 Å². The average Bonchev–Trinajstić information content (AvgIpc) is 3.00. The minimum atomic E-state index is -0.516. The summed E-state index contributed by atoms with van der Waals surface area (Å²) in [6, 6.07) is 36.3. The van der Waals surface area contributed by atoms with Crippen LogP contribution in [0.5, 0.6) is 11.5 Å². The van der Waals surface area contributed by atoms with Crippen molar-refractivity contribution in [1.82, 2.24) is 0 Å². The molecular weight excluding hydrogens is 532 g/mol. The summed E-state index contributed by atoms with van der Waals surface area (Å²) in [7, 11) is 0. The molecule has 0 aliphatic rings. The molecule has 0 atom stereocenters. The summed E-state index contributed by atoms with van der Waals surface area (Å²) in [5.74, 6) is 0.726. The molecule has 5 nitrogen and oxygen atoms in total. The maximum atomic E-state index is 13.1. The molecule has 5 aromatic carbocycles. The number of rotatable bonds is 9. The fraction of sp³-hybridized carbons (Fsp3) is 0.0857. The Balaban J connectivity index is 1.33. The van der Waals surface area contributed by atoms with E-state index >= 15 is 0 Å². The Morgan fingerprint density at radius 2 is 1.49 bits per heavy atom. The van der Waals surface area contributed by atoms with Crippen LogP contribution in [0.3, 0.4) is 0 Å². The van der Waals surface area contributed by atoms with Gasteiger partial charge >= 0.3 is 0 Å². The van der Waals surface area contributed by atoms with E-state index in [4.69, 9.17) is 21.1 Å². The highest BCUT2D eigenvalue weighted by Crippen LogP contribution is 2.31. The first-order valence-corrected chi connectivity index (χ1v) is 13.5. The Bertz CT molecular complexity index is 1740. The monoisotopic (exact) mass is 558 g/mol. The second-order valence-electron chi connectivity index (χ2n) is 9.54. The minimum Gasteiger partial charge on any atom is -0.489 e. The highest BCUT2D eigenvalue weighted by molar-refractivity contribution is 6.30. The predicted molar refractivity (Wildman–Crippen MR) is 164 cm³/mol. The number of aryl methyl sites for hydroxylation is 1. The second kappa shape index (κ2) is 12.9. The molecule has 6 heteroatoms.